The molecule has 0 unspecified atom stereocenters. The number of aliphatic hydroxyl groups excluding tert-OH is 1. The van der Waals surface area contributed by atoms with Gasteiger partial charge in [-0.3, -0.25) is 9.69 Å². The van der Waals surface area contributed by atoms with Gasteiger partial charge in [0, 0.05) is 36.9 Å². The average molecular weight is 616 g/mol. The second-order valence-electron chi connectivity index (χ2n) is 10.6. The number of fused-ring (bicyclic) bond motifs is 1. The van der Waals surface area contributed by atoms with Crippen LogP contribution in [0.15, 0.2) is 60.7 Å². The fourth-order valence-corrected chi connectivity index (χ4v) is 5.13. The van der Waals surface area contributed by atoms with Gasteiger partial charge in [0.2, 0.25) is 0 Å². The molecule has 1 aliphatic heterocycles. The summed E-state index contributed by atoms with van der Waals surface area (Å²) in [7, 11) is 3.56. The van der Waals surface area contributed by atoms with Crippen LogP contribution in [0.2, 0.25) is 10.0 Å². The van der Waals surface area contributed by atoms with Crippen LogP contribution in [-0.2, 0) is 6.54 Å². The topological polar surface area (TPSA) is 103 Å². The number of ether oxygens (including phenoxy) is 2. The Labute approximate surface area is 256 Å². The van der Waals surface area contributed by atoms with E-state index in [9.17, 15) is 14.7 Å². The van der Waals surface area contributed by atoms with E-state index >= 15 is 0 Å². The van der Waals surface area contributed by atoms with Crippen LogP contribution in [0.1, 0.15) is 29.8 Å². The summed E-state index contributed by atoms with van der Waals surface area (Å²) in [5.74, 6) is 0.771. The van der Waals surface area contributed by atoms with Gasteiger partial charge in [0.25, 0.3) is 5.91 Å². The lowest BCUT2D eigenvalue weighted by atomic mass is 9.99. The Morgan fingerprint density at radius 3 is 2.45 bits per heavy atom. The summed E-state index contributed by atoms with van der Waals surface area (Å²) in [5, 5.41) is 16.5. The van der Waals surface area contributed by atoms with Gasteiger partial charge >= 0.3 is 6.03 Å². The first kappa shape index (κ1) is 31.4. The number of aliphatic hydroxyl groups is 1. The van der Waals surface area contributed by atoms with Crippen LogP contribution in [0.4, 0.5) is 16.2 Å². The van der Waals surface area contributed by atoms with Gasteiger partial charge in [-0.1, -0.05) is 36.2 Å². The van der Waals surface area contributed by atoms with E-state index in [1.54, 1.807) is 60.5 Å². The predicted octanol–water partition coefficient (Wildman–Crippen LogP) is 6.00. The van der Waals surface area contributed by atoms with Crippen LogP contribution in [-0.4, -0.2) is 72.8 Å². The second-order valence-corrected chi connectivity index (χ2v) is 11.4. The summed E-state index contributed by atoms with van der Waals surface area (Å²) in [6, 6.07) is 16.6. The molecule has 0 aromatic heterocycles. The molecule has 0 bridgehead atoms. The zero-order valence-corrected chi connectivity index (χ0v) is 25.6. The lowest BCUT2D eigenvalue weighted by Crippen LogP contribution is -2.49. The maximum absolute atomic E-state index is 13.7. The largest absolute Gasteiger partial charge is 0.497 e. The summed E-state index contributed by atoms with van der Waals surface area (Å²) < 4.78 is 11.6. The van der Waals surface area contributed by atoms with Crippen LogP contribution in [0.5, 0.6) is 11.5 Å². The molecule has 3 N–H and O–H groups in total. The van der Waals surface area contributed by atoms with Crippen molar-refractivity contribution in [2.75, 3.05) is 44.5 Å². The lowest BCUT2D eigenvalue weighted by Gasteiger charge is -2.38. The molecule has 3 aromatic carbocycles. The maximum Gasteiger partial charge on any atom is 0.323 e. The number of benzene rings is 3. The third kappa shape index (κ3) is 7.86. The highest BCUT2D eigenvalue weighted by Gasteiger charge is 2.33. The number of urea groups is 1. The molecule has 0 saturated carbocycles. The van der Waals surface area contributed by atoms with E-state index in [4.69, 9.17) is 32.7 Å². The van der Waals surface area contributed by atoms with Crippen LogP contribution in [0, 0.1) is 5.92 Å². The third-order valence-electron chi connectivity index (χ3n) is 7.20. The number of likely N-dealkylation sites (N-methyl/N-ethyl adjacent to an activating group) is 1. The molecule has 3 aromatic rings. The number of rotatable bonds is 9. The van der Waals surface area contributed by atoms with Crippen LogP contribution in [0.3, 0.4) is 0 Å². The lowest BCUT2D eigenvalue weighted by molar-refractivity contribution is 0.0341. The summed E-state index contributed by atoms with van der Waals surface area (Å²) in [6.07, 6.45) is -0.268. The molecule has 3 atom stereocenters. The van der Waals surface area contributed by atoms with Gasteiger partial charge < -0.3 is 30.1 Å². The van der Waals surface area contributed by atoms with E-state index < -0.39 is 12.1 Å². The molecule has 42 heavy (non-hydrogen) atoms. The van der Waals surface area contributed by atoms with Crippen LogP contribution >= 0.6 is 23.2 Å². The molecule has 1 heterocycles. The summed E-state index contributed by atoms with van der Waals surface area (Å²) in [5.41, 5.74) is 2.33. The maximum atomic E-state index is 13.7. The van der Waals surface area contributed by atoms with Crippen molar-refractivity contribution < 1.29 is 24.2 Å². The van der Waals surface area contributed by atoms with E-state index in [1.165, 1.54) is 0 Å². The van der Waals surface area contributed by atoms with Gasteiger partial charge in [-0.15, -0.1) is 0 Å². The highest BCUT2D eigenvalue weighted by molar-refractivity contribution is 6.42. The quantitative estimate of drug-likeness (QED) is 0.273. The molecule has 0 aliphatic carbocycles. The number of carbonyl (C=O) groups is 2. The minimum Gasteiger partial charge on any atom is -0.497 e. The number of nitrogens with zero attached hydrogens (tertiary/aromatic N) is 2. The zero-order valence-electron chi connectivity index (χ0n) is 24.1. The predicted molar refractivity (Wildman–Crippen MR) is 166 cm³/mol. The fourth-order valence-electron chi connectivity index (χ4n) is 4.81. The van der Waals surface area contributed by atoms with Gasteiger partial charge in [-0.05, 0) is 74.1 Å². The number of hydrogen-bond acceptors (Lipinski definition) is 6. The SMILES string of the molecule is COc1ccc(NC(=O)Nc2ccc3c(c2)C(=O)N([C@H](C)CO)C[C@@H](C)[C@@H](CN(C)Cc2ccc(Cl)c(Cl)c2)O3)cc1. The van der Waals surface area contributed by atoms with E-state index in [2.05, 4.69) is 15.5 Å². The van der Waals surface area contributed by atoms with Crippen molar-refractivity contribution in [2.45, 2.75) is 32.5 Å². The molecular weight excluding hydrogens is 579 g/mol. The van der Waals surface area contributed by atoms with Gasteiger partial charge in [-0.25, -0.2) is 4.79 Å². The molecule has 1 aliphatic rings. The molecule has 11 heteroatoms. The monoisotopic (exact) mass is 614 g/mol. The Kier molecular flexibility index (Phi) is 10.6. The van der Waals surface area contributed by atoms with Crippen LogP contribution < -0.4 is 20.1 Å². The zero-order chi connectivity index (χ0) is 30.4. The van der Waals surface area contributed by atoms with E-state index in [1.807, 2.05) is 33.0 Å². The number of methoxy groups -OCH3 is 1. The van der Waals surface area contributed by atoms with Crippen molar-refractivity contribution in [3.8, 4) is 11.5 Å². The highest BCUT2D eigenvalue weighted by Crippen LogP contribution is 2.31. The normalized spacial score (nSPS) is 17.5. The number of carbonyl (C=O) groups excluding carboxylic acids is 2. The first-order valence-electron chi connectivity index (χ1n) is 13.6. The summed E-state index contributed by atoms with van der Waals surface area (Å²) in [4.78, 5) is 30.2. The Balaban J connectivity index is 1.54. The van der Waals surface area contributed by atoms with Gasteiger partial charge in [0.05, 0.1) is 35.4 Å². The van der Waals surface area contributed by atoms with Crippen molar-refractivity contribution in [3.63, 3.8) is 0 Å². The number of nitrogens with one attached hydrogen (secondary N) is 2. The van der Waals surface area contributed by atoms with Gasteiger partial charge in [0.15, 0.2) is 0 Å². The minimum absolute atomic E-state index is 0.0413. The Morgan fingerprint density at radius 1 is 1.10 bits per heavy atom. The van der Waals surface area contributed by atoms with Crippen molar-refractivity contribution in [1.82, 2.24) is 9.80 Å². The van der Waals surface area contributed by atoms with Crippen molar-refractivity contribution >= 4 is 46.5 Å². The van der Waals surface area contributed by atoms with E-state index in [0.29, 0.717) is 58.1 Å². The smallest absolute Gasteiger partial charge is 0.323 e. The Morgan fingerprint density at radius 2 is 1.79 bits per heavy atom. The highest BCUT2D eigenvalue weighted by atomic mass is 35.5. The first-order chi connectivity index (χ1) is 20.1. The number of amides is 3. The molecule has 0 fully saturated rings. The minimum atomic E-state index is -0.463. The average Bonchev–Trinajstić information content (AvgIpc) is 2.97. The Hall–Kier alpha value is -3.50. The molecule has 9 nitrogen and oxygen atoms in total. The van der Waals surface area contributed by atoms with Crippen molar-refractivity contribution in [1.29, 1.82) is 0 Å². The molecule has 0 saturated heterocycles. The number of halogens is 2. The van der Waals surface area contributed by atoms with Crippen LogP contribution in [0.25, 0.3) is 0 Å². The number of hydrogen-bond donors (Lipinski definition) is 3. The fraction of sp³-hybridized carbons (Fsp3) is 0.355. The van der Waals surface area contributed by atoms with Gasteiger partial charge in [-0.2, -0.15) is 0 Å². The first-order valence-corrected chi connectivity index (χ1v) is 14.4. The summed E-state index contributed by atoms with van der Waals surface area (Å²) in [6.45, 7) is 5.24. The Bertz CT molecular complexity index is 1400. The molecule has 0 spiro atoms. The third-order valence-corrected chi connectivity index (χ3v) is 7.94. The standard InChI is InChI=1S/C31H36Cl2N4O5/c1-19-15-37(20(2)18-38)30(39)25-14-23(35-31(40)34-22-6-9-24(41-4)10-7-22)8-12-28(25)42-29(19)17-36(3)16-21-5-11-26(32)27(33)13-21/h5-14,19-20,29,38H,15-18H2,1-4H3,(H2,34,35,40)/t19-,20-,29-/m1/s1. The molecule has 4 rings (SSSR count). The molecule has 3 amide bonds. The molecular formula is C31H36Cl2N4O5. The van der Waals surface area contributed by atoms with E-state index in [-0.39, 0.29) is 24.5 Å². The van der Waals surface area contributed by atoms with E-state index in [0.717, 1.165) is 5.56 Å². The van der Waals surface area contributed by atoms with Gasteiger partial charge in [0.1, 0.15) is 17.6 Å². The molecule has 0 radical (unpaired) electrons. The molecule has 224 valence electrons. The van der Waals surface area contributed by atoms with Crippen molar-refractivity contribution in [3.05, 3.63) is 81.8 Å². The second kappa shape index (κ2) is 14.1. The summed E-state index contributed by atoms with van der Waals surface area (Å²) >= 11 is 12.3. The van der Waals surface area contributed by atoms with Crippen molar-refractivity contribution in [2.24, 2.45) is 5.92 Å². The number of anilines is 2.